The van der Waals surface area contributed by atoms with Crippen molar-refractivity contribution in [3.8, 4) is 11.3 Å². The zero-order valence-electron chi connectivity index (χ0n) is 19.7. The summed E-state index contributed by atoms with van der Waals surface area (Å²) < 4.78 is 17.3. The van der Waals surface area contributed by atoms with E-state index in [0.717, 1.165) is 47.6 Å². The Morgan fingerprint density at radius 2 is 1.83 bits per heavy atom. The highest BCUT2D eigenvalue weighted by atomic mass is 16.5. The molecule has 2 aromatic carbocycles. The molecule has 2 amide bonds. The standard InChI is InChI=1S/C27H30N4O4/c32-27(28-12-15-31-13-4-1-5-14-31)30-22-10-8-20(9-11-22)25-17-29-26(35-25)19-33-18-23-16-21-6-2-3-7-24(21)34-23/h2-3,6-11,16-17H,1,4-5,12-15,18-19H2,(H2,28,30,32). The van der Waals surface area contributed by atoms with Gasteiger partial charge in [0, 0.05) is 29.7 Å². The Hall–Kier alpha value is -3.62. The number of carbonyl (C=O) groups is 1. The van der Waals surface area contributed by atoms with E-state index in [4.69, 9.17) is 13.6 Å². The topological polar surface area (TPSA) is 92.8 Å². The van der Waals surface area contributed by atoms with Crippen LogP contribution in [0.25, 0.3) is 22.3 Å². The average Bonchev–Trinajstić information content (AvgIpc) is 3.52. The van der Waals surface area contributed by atoms with E-state index in [-0.39, 0.29) is 12.6 Å². The predicted octanol–water partition coefficient (Wildman–Crippen LogP) is 5.41. The number of hydrogen-bond acceptors (Lipinski definition) is 6. The molecule has 35 heavy (non-hydrogen) atoms. The minimum Gasteiger partial charge on any atom is -0.459 e. The van der Waals surface area contributed by atoms with Gasteiger partial charge in [0.25, 0.3) is 0 Å². The Morgan fingerprint density at radius 1 is 1.00 bits per heavy atom. The first-order valence-corrected chi connectivity index (χ1v) is 12.1. The van der Waals surface area contributed by atoms with Crippen molar-refractivity contribution in [2.45, 2.75) is 32.5 Å². The van der Waals surface area contributed by atoms with Gasteiger partial charge in [0.15, 0.2) is 5.76 Å². The molecule has 0 atom stereocenters. The highest BCUT2D eigenvalue weighted by Crippen LogP contribution is 2.23. The van der Waals surface area contributed by atoms with E-state index in [9.17, 15) is 4.79 Å². The lowest BCUT2D eigenvalue weighted by Gasteiger charge is -2.26. The maximum absolute atomic E-state index is 12.2. The molecule has 0 saturated carbocycles. The number of amides is 2. The first-order valence-electron chi connectivity index (χ1n) is 12.1. The summed E-state index contributed by atoms with van der Waals surface area (Å²) >= 11 is 0. The van der Waals surface area contributed by atoms with Crippen LogP contribution in [-0.2, 0) is 18.0 Å². The van der Waals surface area contributed by atoms with E-state index in [1.165, 1.54) is 19.3 Å². The van der Waals surface area contributed by atoms with Crippen LogP contribution in [0, 0.1) is 0 Å². The van der Waals surface area contributed by atoms with Crippen molar-refractivity contribution in [3.63, 3.8) is 0 Å². The van der Waals surface area contributed by atoms with Crippen molar-refractivity contribution >= 4 is 22.7 Å². The van der Waals surface area contributed by atoms with Crippen LogP contribution >= 0.6 is 0 Å². The van der Waals surface area contributed by atoms with Crippen molar-refractivity contribution in [3.05, 3.63) is 72.4 Å². The van der Waals surface area contributed by atoms with Gasteiger partial charge in [-0.25, -0.2) is 9.78 Å². The molecule has 1 saturated heterocycles. The maximum atomic E-state index is 12.2. The molecule has 0 spiro atoms. The third kappa shape index (κ3) is 6.29. The average molecular weight is 475 g/mol. The molecule has 0 bridgehead atoms. The Balaban J connectivity index is 1.06. The number of aromatic nitrogens is 1. The molecule has 0 unspecified atom stereocenters. The number of nitrogens with zero attached hydrogens (tertiary/aromatic N) is 2. The number of nitrogens with one attached hydrogen (secondary N) is 2. The van der Waals surface area contributed by atoms with Crippen molar-refractivity contribution in [1.29, 1.82) is 0 Å². The molecule has 8 nitrogen and oxygen atoms in total. The van der Waals surface area contributed by atoms with Gasteiger partial charge in [0.1, 0.15) is 24.6 Å². The second-order valence-corrected chi connectivity index (χ2v) is 8.72. The number of rotatable bonds is 9. The lowest BCUT2D eigenvalue weighted by Crippen LogP contribution is -2.39. The molecule has 0 aliphatic carbocycles. The second kappa shape index (κ2) is 11.2. The number of para-hydroxylation sites is 1. The molecule has 2 N–H and O–H groups in total. The highest BCUT2D eigenvalue weighted by Gasteiger charge is 2.11. The van der Waals surface area contributed by atoms with Gasteiger partial charge in [-0.2, -0.15) is 0 Å². The van der Waals surface area contributed by atoms with Gasteiger partial charge in [-0.05, 0) is 62.3 Å². The summed E-state index contributed by atoms with van der Waals surface area (Å²) in [7, 11) is 0. The minimum absolute atomic E-state index is 0.196. The van der Waals surface area contributed by atoms with Gasteiger partial charge in [-0.3, -0.25) is 0 Å². The molecule has 5 rings (SSSR count). The SMILES string of the molecule is O=C(NCCN1CCCCC1)Nc1ccc(-c2cnc(COCc3cc4ccccc4o3)o2)cc1. The summed E-state index contributed by atoms with van der Waals surface area (Å²) in [5.41, 5.74) is 2.44. The number of likely N-dealkylation sites (tertiary alicyclic amines) is 1. The van der Waals surface area contributed by atoms with E-state index in [1.807, 2.05) is 54.6 Å². The van der Waals surface area contributed by atoms with Gasteiger partial charge in [0.05, 0.1) is 6.20 Å². The molecule has 182 valence electrons. The zero-order chi connectivity index (χ0) is 23.9. The summed E-state index contributed by atoms with van der Waals surface area (Å²) in [6.07, 6.45) is 5.49. The van der Waals surface area contributed by atoms with Crippen molar-refractivity contribution in [2.75, 3.05) is 31.5 Å². The van der Waals surface area contributed by atoms with Crippen LogP contribution in [0.5, 0.6) is 0 Å². The quantitative estimate of drug-likeness (QED) is 0.337. The second-order valence-electron chi connectivity index (χ2n) is 8.72. The molecular weight excluding hydrogens is 444 g/mol. The molecular formula is C27H30N4O4. The van der Waals surface area contributed by atoms with E-state index in [1.54, 1.807) is 6.20 Å². The minimum atomic E-state index is -0.196. The Morgan fingerprint density at radius 3 is 2.66 bits per heavy atom. The lowest BCUT2D eigenvalue weighted by atomic mass is 10.1. The summed E-state index contributed by atoms with van der Waals surface area (Å²) in [4.78, 5) is 18.9. The predicted molar refractivity (Wildman–Crippen MR) is 134 cm³/mol. The number of piperidine rings is 1. The van der Waals surface area contributed by atoms with Crippen molar-refractivity contribution in [1.82, 2.24) is 15.2 Å². The monoisotopic (exact) mass is 474 g/mol. The number of furan rings is 1. The van der Waals surface area contributed by atoms with Crippen molar-refractivity contribution < 1.29 is 18.4 Å². The number of oxazole rings is 1. The maximum Gasteiger partial charge on any atom is 0.319 e. The molecule has 2 aromatic heterocycles. The molecule has 8 heteroatoms. The largest absolute Gasteiger partial charge is 0.459 e. The lowest BCUT2D eigenvalue weighted by molar-refractivity contribution is 0.0786. The summed E-state index contributed by atoms with van der Waals surface area (Å²) in [5, 5.41) is 6.85. The summed E-state index contributed by atoms with van der Waals surface area (Å²) in [6, 6.07) is 17.1. The normalized spacial score (nSPS) is 14.3. The summed E-state index contributed by atoms with van der Waals surface area (Å²) in [5.74, 6) is 1.90. The van der Waals surface area contributed by atoms with Crippen LogP contribution < -0.4 is 10.6 Å². The Bertz CT molecular complexity index is 1210. The molecule has 0 radical (unpaired) electrons. The molecule has 3 heterocycles. The number of hydrogen-bond donors (Lipinski definition) is 2. The van der Waals surface area contributed by atoms with Gasteiger partial charge in [-0.15, -0.1) is 0 Å². The number of urea groups is 1. The Labute approximate surface area is 204 Å². The number of benzene rings is 2. The number of anilines is 1. The van der Waals surface area contributed by atoms with Gasteiger partial charge >= 0.3 is 6.03 Å². The van der Waals surface area contributed by atoms with Crippen LogP contribution in [0.15, 0.2) is 69.6 Å². The van der Waals surface area contributed by atoms with Crippen molar-refractivity contribution in [2.24, 2.45) is 0 Å². The molecule has 1 aliphatic heterocycles. The fourth-order valence-electron chi connectivity index (χ4n) is 4.26. The number of carbonyl (C=O) groups excluding carboxylic acids is 1. The van der Waals surface area contributed by atoms with Crippen LogP contribution in [-0.4, -0.2) is 42.1 Å². The van der Waals surface area contributed by atoms with E-state index in [0.29, 0.717) is 24.8 Å². The first-order chi connectivity index (χ1) is 17.2. The van der Waals surface area contributed by atoms with Gasteiger partial charge in [-0.1, -0.05) is 24.6 Å². The third-order valence-electron chi connectivity index (χ3n) is 6.09. The zero-order valence-corrected chi connectivity index (χ0v) is 19.7. The summed E-state index contributed by atoms with van der Waals surface area (Å²) in [6.45, 7) is 4.37. The Kier molecular flexibility index (Phi) is 7.41. The van der Waals surface area contributed by atoms with Crippen LogP contribution in [0.1, 0.15) is 30.9 Å². The fourth-order valence-corrected chi connectivity index (χ4v) is 4.26. The van der Waals surface area contributed by atoms with E-state index >= 15 is 0 Å². The molecule has 1 fully saturated rings. The smallest absolute Gasteiger partial charge is 0.319 e. The van der Waals surface area contributed by atoms with E-state index in [2.05, 4.69) is 20.5 Å². The molecule has 1 aliphatic rings. The highest BCUT2D eigenvalue weighted by molar-refractivity contribution is 5.89. The first kappa shape index (κ1) is 23.1. The molecule has 4 aromatic rings. The van der Waals surface area contributed by atoms with Gasteiger partial charge < -0.3 is 29.1 Å². The fraction of sp³-hybridized carbons (Fsp3) is 0.333. The number of fused-ring (bicyclic) bond motifs is 1. The van der Waals surface area contributed by atoms with E-state index < -0.39 is 0 Å². The van der Waals surface area contributed by atoms with Crippen LogP contribution in [0.3, 0.4) is 0 Å². The number of ether oxygens (including phenoxy) is 1. The van der Waals surface area contributed by atoms with Gasteiger partial charge in [0.2, 0.25) is 5.89 Å². The van der Waals surface area contributed by atoms with Crippen LogP contribution in [0.4, 0.5) is 10.5 Å². The third-order valence-corrected chi connectivity index (χ3v) is 6.09. The van der Waals surface area contributed by atoms with Crippen LogP contribution in [0.2, 0.25) is 0 Å².